The van der Waals surface area contributed by atoms with Gasteiger partial charge in [0.2, 0.25) is 5.91 Å². The van der Waals surface area contributed by atoms with Gasteiger partial charge in [0.25, 0.3) is 0 Å². The number of carbonyl (C=O) groups excluding carboxylic acids is 2. The van der Waals surface area contributed by atoms with Crippen LogP contribution in [0.3, 0.4) is 0 Å². The summed E-state index contributed by atoms with van der Waals surface area (Å²) in [4.78, 5) is 26.8. The first-order chi connectivity index (χ1) is 15.8. The Morgan fingerprint density at radius 1 is 1.12 bits per heavy atom. The lowest BCUT2D eigenvalue weighted by atomic mass is 9.95. The maximum Gasteiger partial charge on any atom is 0.338 e. The van der Waals surface area contributed by atoms with Crippen molar-refractivity contribution in [3.8, 4) is 0 Å². The number of carbonyl (C=O) groups is 2. The van der Waals surface area contributed by atoms with Gasteiger partial charge in [-0.05, 0) is 56.2 Å². The summed E-state index contributed by atoms with van der Waals surface area (Å²) >= 11 is 5.43. The standard InChI is InChI=1S/C25H29N3O4S/c1-16(2)32-24(30)22-17(3)28(4)25(33)27-23(22)19-10-12-20(13-11-19)26-21(29)15-31-14-18-8-6-5-7-9-18/h5-13,16,23H,14-15H2,1-4H3,(H,26,29)(H,27,33). The van der Waals surface area contributed by atoms with Crippen LogP contribution < -0.4 is 10.6 Å². The second kappa shape index (κ2) is 11.1. The molecule has 2 N–H and O–H groups in total. The van der Waals surface area contributed by atoms with Crippen LogP contribution in [0.25, 0.3) is 0 Å². The Kier molecular flexibility index (Phi) is 8.19. The van der Waals surface area contributed by atoms with Crippen molar-refractivity contribution in [3.05, 3.63) is 77.0 Å². The van der Waals surface area contributed by atoms with E-state index in [2.05, 4.69) is 10.6 Å². The third-order valence-corrected chi connectivity index (χ3v) is 5.58. The van der Waals surface area contributed by atoms with Gasteiger partial charge in [0.05, 0.1) is 24.3 Å². The zero-order valence-electron chi connectivity index (χ0n) is 19.3. The van der Waals surface area contributed by atoms with Crippen LogP contribution in [0.4, 0.5) is 5.69 Å². The van der Waals surface area contributed by atoms with Crippen LogP contribution in [0, 0.1) is 0 Å². The third kappa shape index (κ3) is 6.40. The Balaban J connectivity index is 1.66. The number of allylic oxidation sites excluding steroid dienone is 1. The van der Waals surface area contributed by atoms with E-state index in [1.807, 2.05) is 70.3 Å². The maximum atomic E-state index is 12.8. The number of esters is 1. The second-order valence-electron chi connectivity index (χ2n) is 8.04. The molecule has 0 saturated heterocycles. The summed E-state index contributed by atoms with van der Waals surface area (Å²) in [7, 11) is 1.81. The van der Waals surface area contributed by atoms with Crippen molar-refractivity contribution in [2.24, 2.45) is 0 Å². The smallest absolute Gasteiger partial charge is 0.338 e. The minimum absolute atomic E-state index is 0.0471. The molecule has 1 atom stereocenters. The number of hydrogen-bond donors (Lipinski definition) is 2. The Labute approximate surface area is 199 Å². The van der Waals surface area contributed by atoms with E-state index in [0.29, 0.717) is 23.0 Å². The van der Waals surface area contributed by atoms with Gasteiger partial charge in [0.15, 0.2) is 5.11 Å². The van der Waals surface area contributed by atoms with E-state index in [-0.39, 0.29) is 24.6 Å². The average molecular weight is 468 g/mol. The summed E-state index contributed by atoms with van der Waals surface area (Å²) in [6.45, 7) is 5.80. The van der Waals surface area contributed by atoms with Gasteiger partial charge in [-0.25, -0.2) is 4.79 Å². The fraction of sp³-hybridized carbons (Fsp3) is 0.320. The minimum atomic E-state index is -0.445. The zero-order valence-corrected chi connectivity index (χ0v) is 20.1. The summed E-state index contributed by atoms with van der Waals surface area (Å²) in [5.74, 6) is -0.628. The molecule has 1 unspecified atom stereocenters. The molecule has 0 radical (unpaired) electrons. The largest absolute Gasteiger partial charge is 0.459 e. The monoisotopic (exact) mass is 467 g/mol. The second-order valence-corrected chi connectivity index (χ2v) is 8.43. The normalized spacial score (nSPS) is 16.0. The predicted molar refractivity (Wildman–Crippen MR) is 131 cm³/mol. The van der Waals surface area contributed by atoms with Crippen LogP contribution in [0.15, 0.2) is 65.9 Å². The van der Waals surface area contributed by atoms with E-state index in [4.69, 9.17) is 21.7 Å². The fourth-order valence-electron chi connectivity index (χ4n) is 3.42. The molecule has 1 amide bonds. The third-order valence-electron chi connectivity index (χ3n) is 5.19. The number of anilines is 1. The molecular weight excluding hydrogens is 438 g/mol. The number of thiocarbonyl (C=S) groups is 1. The number of ether oxygens (including phenoxy) is 2. The number of nitrogens with one attached hydrogen (secondary N) is 2. The van der Waals surface area contributed by atoms with Gasteiger partial charge < -0.3 is 25.0 Å². The average Bonchev–Trinajstić information content (AvgIpc) is 2.78. The summed E-state index contributed by atoms with van der Waals surface area (Å²) < 4.78 is 10.9. The number of benzene rings is 2. The highest BCUT2D eigenvalue weighted by Gasteiger charge is 2.33. The predicted octanol–water partition coefficient (Wildman–Crippen LogP) is 3.93. The van der Waals surface area contributed by atoms with Gasteiger partial charge in [-0.1, -0.05) is 42.5 Å². The summed E-state index contributed by atoms with van der Waals surface area (Å²) in [5.41, 5.74) is 3.72. The van der Waals surface area contributed by atoms with Gasteiger partial charge in [-0.3, -0.25) is 4.79 Å². The first-order valence-electron chi connectivity index (χ1n) is 10.7. The molecule has 0 aromatic heterocycles. The van der Waals surface area contributed by atoms with Crippen molar-refractivity contribution in [2.75, 3.05) is 19.0 Å². The van der Waals surface area contributed by atoms with Crippen molar-refractivity contribution in [2.45, 2.75) is 39.5 Å². The van der Waals surface area contributed by atoms with Gasteiger partial charge in [0, 0.05) is 18.4 Å². The van der Waals surface area contributed by atoms with E-state index in [9.17, 15) is 9.59 Å². The van der Waals surface area contributed by atoms with E-state index in [1.165, 1.54) is 0 Å². The van der Waals surface area contributed by atoms with Crippen LogP contribution in [0.1, 0.15) is 37.9 Å². The highest BCUT2D eigenvalue weighted by Crippen LogP contribution is 2.31. The van der Waals surface area contributed by atoms with Crippen LogP contribution in [-0.2, 0) is 25.7 Å². The maximum absolute atomic E-state index is 12.8. The van der Waals surface area contributed by atoms with Gasteiger partial charge in [-0.15, -0.1) is 0 Å². The molecule has 0 aliphatic carbocycles. The highest BCUT2D eigenvalue weighted by atomic mass is 32.1. The van der Waals surface area contributed by atoms with Crippen LogP contribution in [0.2, 0.25) is 0 Å². The molecule has 0 saturated carbocycles. The topological polar surface area (TPSA) is 79.9 Å². The van der Waals surface area contributed by atoms with Crippen LogP contribution >= 0.6 is 12.2 Å². The first-order valence-corrected chi connectivity index (χ1v) is 11.1. The molecule has 2 aromatic carbocycles. The Hall–Kier alpha value is -3.23. The Morgan fingerprint density at radius 3 is 2.42 bits per heavy atom. The van der Waals surface area contributed by atoms with Crippen molar-refractivity contribution in [1.29, 1.82) is 0 Å². The first kappa shape index (κ1) is 24.4. The van der Waals surface area contributed by atoms with E-state index < -0.39 is 6.04 Å². The van der Waals surface area contributed by atoms with Gasteiger partial charge in [0.1, 0.15) is 6.61 Å². The van der Waals surface area contributed by atoms with E-state index in [1.54, 1.807) is 17.0 Å². The molecule has 0 bridgehead atoms. The molecule has 1 heterocycles. The van der Waals surface area contributed by atoms with Crippen molar-refractivity contribution < 1.29 is 19.1 Å². The zero-order chi connectivity index (χ0) is 24.0. The van der Waals surface area contributed by atoms with Crippen LogP contribution in [0.5, 0.6) is 0 Å². The fourth-order valence-corrected chi connectivity index (χ4v) is 3.67. The van der Waals surface area contributed by atoms with E-state index in [0.717, 1.165) is 16.8 Å². The summed E-state index contributed by atoms with van der Waals surface area (Å²) in [5, 5.41) is 6.55. The molecule has 33 heavy (non-hydrogen) atoms. The lowest BCUT2D eigenvalue weighted by molar-refractivity contribution is -0.143. The highest BCUT2D eigenvalue weighted by molar-refractivity contribution is 7.80. The van der Waals surface area contributed by atoms with Crippen molar-refractivity contribution in [1.82, 2.24) is 10.2 Å². The molecule has 0 fully saturated rings. The lowest BCUT2D eigenvalue weighted by Crippen LogP contribution is -2.46. The Morgan fingerprint density at radius 2 is 1.79 bits per heavy atom. The molecule has 8 heteroatoms. The molecule has 174 valence electrons. The lowest BCUT2D eigenvalue weighted by Gasteiger charge is -2.35. The van der Waals surface area contributed by atoms with E-state index >= 15 is 0 Å². The molecule has 3 rings (SSSR count). The molecule has 0 spiro atoms. The van der Waals surface area contributed by atoms with Gasteiger partial charge >= 0.3 is 5.97 Å². The summed E-state index contributed by atoms with van der Waals surface area (Å²) in [6.07, 6.45) is -0.237. The number of rotatable bonds is 8. The molecule has 2 aromatic rings. The SMILES string of the molecule is CC1=C(C(=O)OC(C)C)C(c2ccc(NC(=O)COCc3ccccc3)cc2)NC(=S)N1C. The van der Waals surface area contributed by atoms with Crippen LogP contribution in [-0.4, -0.2) is 41.6 Å². The number of nitrogens with zero attached hydrogens (tertiary/aromatic N) is 1. The Bertz CT molecular complexity index is 1040. The molecule has 7 nitrogen and oxygen atoms in total. The molecule has 1 aliphatic heterocycles. The minimum Gasteiger partial charge on any atom is -0.459 e. The number of amides is 1. The molecular formula is C25H29N3O4S. The van der Waals surface area contributed by atoms with Crippen molar-refractivity contribution >= 4 is 34.9 Å². The number of hydrogen-bond acceptors (Lipinski definition) is 5. The quantitative estimate of drug-likeness (QED) is 0.450. The van der Waals surface area contributed by atoms with Gasteiger partial charge in [-0.2, -0.15) is 0 Å². The molecule has 1 aliphatic rings. The van der Waals surface area contributed by atoms with Crippen molar-refractivity contribution in [3.63, 3.8) is 0 Å². The summed E-state index contributed by atoms with van der Waals surface area (Å²) in [6, 6.07) is 16.5.